The van der Waals surface area contributed by atoms with E-state index in [2.05, 4.69) is 44.5 Å². The number of likely N-dealkylation sites (N-methyl/N-ethyl adjacent to an activating group) is 1. The fourth-order valence-corrected chi connectivity index (χ4v) is 7.42. The average molecular weight is 550 g/mol. The Morgan fingerprint density at radius 2 is 1.85 bits per heavy atom. The second-order valence-corrected chi connectivity index (χ2v) is 13.1. The average Bonchev–Trinajstić information content (AvgIpc) is 3.53. The lowest BCUT2D eigenvalue weighted by molar-refractivity contribution is -0.121. The Morgan fingerprint density at radius 3 is 2.56 bits per heavy atom. The van der Waals surface area contributed by atoms with E-state index in [-0.39, 0.29) is 22.4 Å². The molecule has 1 amide bonds. The molecule has 0 bridgehead atoms. The van der Waals surface area contributed by atoms with Crippen molar-refractivity contribution in [3.63, 3.8) is 0 Å². The van der Waals surface area contributed by atoms with Crippen LogP contribution in [0.1, 0.15) is 48.2 Å². The third kappa shape index (κ3) is 6.26. The van der Waals surface area contributed by atoms with Gasteiger partial charge < -0.3 is 15.2 Å². The van der Waals surface area contributed by atoms with E-state index in [1.807, 2.05) is 30.3 Å². The lowest BCUT2D eigenvalue weighted by Gasteiger charge is -2.38. The number of H-pyrrole nitrogens is 1. The molecule has 1 fully saturated rings. The number of fused-ring (bicyclic) bond motifs is 1. The van der Waals surface area contributed by atoms with Gasteiger partial charge in [0.1, 0.15) is 5.82 Å². The number of aromatic amines is 1. The number of hydrogen-bond acceptors (Lipinski definition) is 5. The van der Waals surface area contributed by atoms with Crippen molar-refractivity contribution in [1.29, 1.82) is 0 Å². The van der Waals surface area contributed by atoms with Crippen LogP contribution in [0.25, 0.3) is 0 Å². The number of imidazole rings is 1. The maximum atomic E-state index is 13.3. The van der Waals surface area contributed by atoms with Crippen molar-refractivity contribution in [2.24, 2.45) is 0 Å². The minimum Gasteiger partial charge on any atom is -0.353 e. The van der Waals surface area contributed by atoms with Gasteiger partial charge in [-0.3, -0.25) is 4.79 Å². The van der Waals surface area contributed by atoms with E-state index < -0.39 is 10.0 Å². The standard InChI is InChI=1S/C30H39N5O3S/c1-23-31-21-29(32-23)39(37,38)34(2)22-30(15-12-25-10-6-7-11-27(25)30)16-19-35-17-13-26(14-18-35)33-28(36)20-24-8-4-3-5-9-24/h3-11,21,26H,12-20,22H2,1-2H3,(H,31,32)(H,33,36). The number of carbonyl (C=O) groups is 1. The summed E-state index contributed by atoms with van der Waals surface area (Å²) in [7, 11) is -1.99. The lowest BCUT2D eigenvalue weighted by atomic mass is 9.78. The molecule has 39 heavy (non-hydrogen) atoms. The van der Waals surface area contributed by atoms with Crippen molar-refractivity contribution in [3.05, 3.63) is 83.3 Å². The number of rotatable bonds is 10. The van der Waals surface area contributed by atoms with E-state index in [0.717, 1.165) is 57.3 Å². The molecule has 1 unspecified atom stereocenters. The van der Waals surface area contributed by atoms with Crippen LogP contribution >= 0.6 is 0 Å². The summed E-state index contributed by atoms with van der Waals surface area (Å²) in [6.07, 6.45) is 6.45. The first-order chi connectivity index (χ1) is 18.7. The minimum atomic E-state index is -3.67. The Bertz CT molecular complexity index is 1380. The fraction of sp³-hybridized carbons (Fsp3) is 0.467. The van der Waals surface area contributed by atoms with Gasteiger partial charge in [-0.2, -0.15) is 4.31 Å². The van der Waals surface area contributed by atoms with Crippen molar-refractivity contribution >= 4 is 15.9 Å². The summed E-state index contributed by atoms with van der Waals surface area (Å²) in [5.41, 5.74) is 3.38. The number of amides is 1. The van der Waals surface area contributed by atoms with Gasteiger partial charge in [0.05, 0.1) is 12.6 Å². The molecule has 1 atom stereocenters. The maximum absolute atomic E-state index is 13.3. The zero-order chi connectivity index (χ0) is 27.5. The van der Waals surface area contributed by atoms with Crippen LogP contribution in [0.15, 0.2) is 65.8 Å². The van der Waals surface area contributed by atoms with Gasteiger partial charge in [0.15, 0.2) is 5.03 Å². The highest BCUT2D eigenvalue weighted by atomic mass is 32.2. The molecule has 5 rings (SSSR count). The van der Waals surface area contributed by atoms with Crippen LogP contribution in [0, 0.1) is 6.92 Å². The fourth-order valence-electron chi connectivity index (χ4n) is 6.21. The quantitative estimate of drug-likeness (QED) is 0.404. The van der Waals surface area contributed by atoms with Gasteiger partial charge in [0.25, 0.3) is 10.0 Å². The van der Waals surface area contributed by atoms with Gasteiger partial charge in [-0.25, -0.2) is 13.4 Å². The summed E-state index contributed by atoms with van der Waals surface area (Å²) in [6, 6.07) is 18.5. The molecule has 1 aliphatic carbocycles. The normalized spacial score (nSPS) is 20.3. The molecule has 1 aromatic heterocycles. The molecule has 208 valence electrons. The zero-order valence-corrected chi connectivity index (χ0v) is 23.7. The van der Waals surface area contributed by atoms with Gasteiger partial charge in [0.2, 0.25) is 5.91 Å². The SMILES string of the molecule is Cc1ncc(S(=O)(=O)N(C)CC2(CCN3CCC(NC(=O)Cc4ccccc4)CC3)CCc3ccccc32)[nH]1. The highest BCUT2D eigenvalue weighted by Crippen LogP contribution is 2.43. The summed E-state index contributed by atoms with van der Waals surface area (Å²) in [6.45, 7) is 4.93. The number of piperidine rings is 1. The third-order valence-corrected chi connectivity index (χ3v) is 10.1. The third-order valence-electron chi connectivity index (χ3n) is 8.42. The van der Waals surface area contributed by atoms with Crippen molar-refractivity contribution in [3.8, 4) is 0 Å². The summed E-state index contributed by atoms with van der Waals surface area (Å²) in [5, 5.41) is 3.36. The van der Waals surface area contributed by atoms with E-state index in [4.69, 9.17) is 0 Å². The molecule has 0 saturated carbocycles. The van der Waals surface area contributed by atoms with Crippen LogP contribution in [0.4, 0.5) is 0 Å². The molecule has 1 aliphatic heterocycles. The molecular weight excluding hydrogens is 510 g/mol. The molecule has 1 saturated heterocycles. The number of benzene rings is 2. The first-order valence-electron chi connectivity index (χ1n) is 13.9. The van der Waals surface area contributed by atoms with Gasteiger partial charge in [-0.05, 0) is 62.3 Å². The Labute approximate surface area is 231 Å². The van der Waals surface area contributed by atoms with Crippen LogP contribution in [0.2, 0.25) is 0 Å². The van der Waals surface area contributed by atoms with Crippen molar-refractivity contribution < 1.29 is 13.2 Å². The number of nitrogens with one attached hydrogen (secondary N) is 2. The number of hydrogen-bond donors (Lipinski definition) is 2. The van der Waals surface area contributed by atoms with Gasteiger partial charge >= 0.3 is 0 Å². The van der Waals surface area contributed by atoms with Gasteiger partial charge in [0, 0.05) is 38.1 Å². The number of likely N-dealkylation sites (tertiary alicyclic amines) is 1. The Kier molecular flexibility index (Phi) is 8.21. The molecular formula is C30H39N5O3S. The van der Waals surface area contributed by atoms with Crippen LogP contribution in [-0.4, -0.2) is 72.8 Å². The van der Waals surface area contributed by atoms with E-state index in [0.29, 0.717) is 18.8 Å². The van der Waals surface area contributed by atoms with E-state index >= 15 is 0 Å². The smallest absolute Gasteiger partial charge is 0.259 e. The predicted molar refractivity (Wildman–Crippen MR) is 152 cm³/mol. The van der Waals surface area contributed by atoms with Crippen LogP contribution in [-0.2, 0) is 33.1 Å². The maximum Gasteiger partial charge on any atom is 0.259 e. The molecule has 2 aromatic carbocycles. The number of carbonyl (C=O) groups excluding carboxylic acids is 1. The highest BCUT2D eigenvalue weighted by molar-refractivity contribution is 7.89. The molecule has 3 aromatic rings. The van der Waals surface area contributed by atoms with E-state index in [1.54, 1.807) is 14.0 Å². The molecule has 8 nitrogen and oxygen atoms in total. The second kappa shape index (κ2) is 11.6. The Hall–Kier alpha value is -3.01. The van der Waals surface area contributed by atoms with Crippen molar-refractivity contribution in [2.45, 2.75) is 61.9 Å². The van der Waals surface area contributed by atoms with Gasteiger partial charge in [-0.1, -0.05) is 54.6 Å². The van der Waals surface area contributed by atoms with E-state index in [9.17, 15) is 13.2 Å². The second-order valence-electron chi connectivity index (χ2n) is 11.1. The molecule has 2 heterocycles. The summed E-state index contributed by atoms with van der Waals surface area (Å²) < 4.78 is 28.2. The monoisotopic (exact) mass is 549 g/mol. The molecule has 2 aliphatic rings. The van der Waals surface area contributed by atoms with Crippen molar-refractivity contribution in [1.82, 2.24) is 24.5 Å². The highest BCUT2D eigenvalue weighted by Gasteiger charge is 2.42. The Morgan fingerprint density at radius 1 is 1.13 bits per heavy atom. The number of aryl methyl sites for hydroxylation is 2. The minimum absolute atomic E-state index is 0.0814. The molecule has 9 heteroatoms. The molecule has 0 spiro atoms. The van der Waals surface area contributed by atoms with Gasteiger partial charge in [-0.15, -0.1) is 0 Å². The first kappa shape index (κ1) is 27.6. The van der Waals surface area contributed by atoms with E-state index in [1.165, 1.54) is 21.6 Å². The number of sulfonamides is 1. The molecule has 2 N–H and O–H groups in total. The van der Waals surface area contributed by atoms with Crippen molar-refractivity contribution in [2.75, 3.05) is 33.2 Å². The Balaban J connectivity index is 1.21. The van der Waals surface area contributed by atoms with Crippen LogP contribution < -0.4 is 5.32 Å². The summed E-state index contributed by atoms with van der Waals surface area (Å²) in [5.74, 6) is 0.667. The topological polar surface area (TPSA) is 98.4 Å². The van der Waals surface area contributed by atoms with Crippen LogP contribution in [0.3, 0.4) is 0 Å². The number of nitrogens with zero attached hydrogens (tertiary/aromatic N) is 3. The summed E-state index contributed by atoms with van der Waals surface area (Å²) in [4.78, 5) is 22.0. The molecule has 0 radical (unpaired) electrons. The first-order valence-corrected chi connectivity index (χ1v) is 15.3. The number of aromatic nitrogens is 2. The zero-order valence-electron chi connectivity index (χ0n) is 22.9. The summed E-state index contributed by atoms with van der Waals surface area (Å²) >= 11 is 0. The largest absolute Gasteiger partial charge is 0.353 e. The predicted octanol–water partition coefficient (Wildman–Crippen LogP) is 3.44. The van der Waals surface area contributed by atoms with Crippen LogP contribution in [0.5, 0.6) is 0 Å². The lowest BCUT2D eigenvalue weighted by Crippen LogP contribution is -2.47.